The third-order valence-corrected chi connectivity index (χ3v) is 7.16. The third-order valence-electron chi connectivity index (χ3n) is 5.28. The second-order valence-electron chi connectivity index (χ2n) is 7.59. The standard InChI is InChI=1S/C21H36N2O2S/c1-3-4-5-6-7-8-9-10-11-20-18-23(17-16-22-20)26(24,25)21-14-12-19(2)13-15-21/h12-15,20,22H,3-11,16-18H2,1-2H3. The minimum Gasteiger partial charge on any atom is -0.311 e. The number of hydrogen-bond donors (Lipinski definition) is 1. The molecule has 1 aliphatic heterocycles. The van der Waals surface area contributed by atoms with E-state index in [1.165, 1.54) is 51.4 Å². The largest absolute Gasteiger partial charge is 0.311 e. The number of benzene rings is 1. The van der Waals surface area contributed by atoms with E-state index in [2.05, 4.69) is 12.2 Å². The van der Waals surface area contributed by atoms with Crippen molar-refractivity contribution in [3.8, 4) is 0 Å². The molecule has 26 heavy (non-hydrogen) atoms. The quantitative estimate of drug-likeness (QED) is 0.576. The topological polar surface area (TPSA) is 49.4 Å². The van der Waals surface area contributed by atoms with Gasteiger partial charge in [0, 0.05) is 25.7 Å². The van der Waals surface area contributed by atoms with Gasteiger partial charge in [0.25, 0.3) is 0 Å². The van der Waals surface area contributed by atoms with Gasteiger partial charge in [0.1, 0.15) is 0 Å². The van der Waals surface area contributed by atoms with Crippen molar-refractivity contribution in [1.29, 1.82) is 0 Å². The maximum absolute atomic E-state index is 12.8. The van der Waals surface area contributed by atoms with Crippen LogP contribution in [0.25, 0.3) is 0 Å². The number of aryl methyl sites for hydroxylation is 1. The maximum Gasteiger partial charge on any atom is 0.243 e. The summed E-state index contributed by atoms with van der Waals surface area (Å²) in [6, 6.07) is 7.46. The van der Waals surface area contributed by atoms with Crippen molar-refractivity contribution in [3.05, 3.63) is 29.8 Å². The Morgan fingerprint density at radius 1 is 1.00 bits per heavy atom. The van der Waals surface area contributed by atoms with Crippen LogP contribution in [0.4, 0.5) is 0 Å². The highest BCUT2D eigenvalue weighted by Gasteiger charge is 2.29. The number of unbranched alkanes of at least 4 members (excludes halogenated alkanes) is 7. The van der Waals surface area contributed by atoms with Gasteiger partial charge in [-0.1, -0.05) is 76.0 Å². The summed E-state index contributed by atoms with van der Waals surface area (Å²) in [5, 5.41) is 3.49. The van der Waals surface area contributed by atoms with Crippen molar-refractivity contribution >= 4 is 10.0 Å². The number of nitrogens with one attached hydrogen (secondary N) is 1. The summed E-state index contributed by atoms with van der Waals surface area (Å²) in [4.78, 5) is 0.413. The fourth-order valence-corrected chi connectivity index (χ4v) is 5.08. The van der Waals surface area contributed by atoms with E-state index in [1.54, 1.807) is 16.4 Å². The molecule has 1 aliphatic rings. The average Bonchev–Trinajstić information content (AvgIpc) is 2.64. The monoisotopic (exact) mass is 380 g/mol. The summed E-state index contributed by atoms with van der Waals surface area (Å²) in [5.74, 6) is 0. The lowest BCUT2D eigenvalue weighted by Gasteiger charge is -2.33. The predicted molar refractivity (Wildman–Crippen MR) is 109 cm³/mol. The molecule has 0 amide bonds. The molecule has 1 N–H and O–H groups in total. The SMILES string of the molecule is CCCCCCCCCCC1CN(S(=O)(=O)c2ccc(C)cc2)CCN1. The van der Waals surface area contributed by atoms with Gasteiger partial charge in [0.2, 0.25) is 10.0 Å². The Balaban J connectivity index is 1.73. The van der Waals surface area contributed by atoms with Gasteiger partial charge in [0.05, 0.1) is 4.90 Å². The molecule has 0 aromatic heterocycles. The summed E-state index contributed by atoms with van der Waals surface area (Å²) >= 11 is 0. The molecule has 2 rings (SSSR count). The van der Waals surface area contributed by atoms with Crippen molar-refractivity contribution in [1.82, 2.24) is 9.62 Å². The highest BCUT2D eigenvalue weighted by Crippen LogP contribution is 2.19. The molecule has 1 saturated heterocycles. The first-order chi connectivity index (χ1) is 12.5. The molecule has 4 nitrogen and oxygen atoms in total. The smallest absolute Gasteiger partial charge is 0.243 e. The molecule has 0 bridgehead atoms. The van der Waals surface area contributed by atoms with E-state index in [-0.39, 0.29) is 6.04 Å². The minimum absolute atomic E-state index is 0.282. The van der Waals surface area contributed by atoms with Crippen molar-refractivity contribution in [3.63, 3.8) is 0 Å². The van der Waals surface area contributed by atoms with Gasteiger partial charge in [-0.15, -0.1) is 0 Å². The minimum atomic E-state index is -3.37. The van der Waals surface area contributed by atoms with Crippen molar-refractivity contribution in [2.45, 2.75) is 82.6 Å². The van der Waals surface area contributed by atoms with Gasteiger partial charge in [-0.25, -0.2) is 8.42 Å². The van der Waals surface area contributed by atoms with Crippen LogP contribution in [0.5, 0.6) is 0 Å². The summed E-state index contributed by atoms with van der Waals surface area (Å²) in [5.41, 5.74) is 1.08. The Kier molecular flexibility index (Phi) is 9.09. The second-order valence-corrected chi connectivity index (χ2v) is 9.53. The van der Waals surface area contributed by atoms with Crippen LogP contribution in [-0.4, -0.2) is 38.4 Å². The normalized spacial score (nSPS) is 18.9. The van der Waals surface area contributed by atoms with Gasteiger partial charge in [0.15, 0.2) is 0 Å². The molecule has 1 aromatic carbocycles. The zero-order chi connectivity index (χ0) is 18.8. The summed E-state index contributed by atoms with van der Waals surface area (Å²) in [7, 11) is -3.37. The van der Waals surface area contributed by atoms with E-state index in [4.69, 9.17) is 0 Å². The maximum atomic E-state index is 12.8. The summed E-state index contributed by atoms with van der Waals surface area (Å²) in [6.07, 6.45) is 11.5. The van der Waals surface area contributed by atoms with E-state index < -0.39 is 10.0 Å². The number of rotatable bonds is 11. The molecular formula is C21H36N2O2S. The Bertz CT molecular complexity index is 613. The zero-order valence-electron chi connectivity index (χ0n) is 16.5. The van der Waals surface area contributed by atoms with Gasteiger partial charge in [-0.2, -0.15) is 4.31 Å². The molecule has 1 aromatic rings. The Morgan fingerprint density at radius 3 is 2.27 bits per heavy atom. The van der Waals surface area contributed by atoms with Crippen LogP contribution in [-0.2, 0) is 10.0 Å². The second kappa shape index (κ2) is 11.1. The van der Waals surface area contributed by atoms with Gasteiger partial charge >= 0.3 is 0 Å². The molecule has 1 fully saturated rings. The molecule has 0 saturated carbocycles. The van der Waals surface area contributed by atoms with Crippen LogP contribution >= 0.6 is 0 Å². The summed E-state index contributed by atoms with van der Waals surface area (Å²) < 4.78 is 27.3. The number of sulfonamides is 1. The van der Waals surface area contributed by atoms with Crippen LogP contribution in [0.2, 0.25) is 0 Å². The van der Waals surface area contributed by atoms with Crippen molar-refractivity contribution in [2.75, 3.05) is 19.6 Å². The Labute approximate surface area is 160 Å². The lowest BCUT2D eigenvalue weighted by Crippen LogP contribution is -2.52. The molecule has 1 unspecified atom stereocenters. The van der Waals surface area contributed by atoms with Gasteiger partial charge in [-0.05, 0) is 25.5 Å². The molecule has 1 heterocycles. The Morgan fingerprint density at radius 2 is 1.62 bits per heavy atom. The van der Waals surface area contributed by atoms with Crippen LogP contribution in [0.15, 0.2) is 29.2 Å². The number of nitrogens with zero attached hydrogens (tertiary/aromatic N) is 1. The van der Waals surface area contributed by atoms with E-state index in [9.17, 15) is 8.42 Å². The fraction of sp³-hybridized carbons (Fsp3) is 0.714. The molecule has 0 spiro atoms. The van der Waals surface area contributed by atoms with Crippen molar-refractivity contribution < 1.29 is 8.42 Å². The lowest BCUT2D eigenvalue weighted by atomic mass is 10.0. The first-order valence-electron chi connectivity index (χ1n) is 10.3. The van der Waals surface area contributed by atoms with Crippen LogP contribution in [0.1, 0.15) is 70.3 Å². The third kappa shape index (κ3) is 6.67. The van der Waals surface area contributed by atoms with Gasteiger partial charge < -0.3 is 5.32 Å². The fourth-order valence-electron chi connectivity index (χ4n) is 3.59. The van der Waals surface area contributed by atoms with E-state index in [0.29, 0.717) is 18.0 Å². The highest BCUT2D eigenvalue weighted by molar-refractivity contribution is 7.89. The molecule has 148 valence electrons. The Hall–Kier alpha value is -0.910. The molecular weight excluding hydrogens is 344 g/mol. The molecule has 1 atom stereocenters. The highest BCUT2D eigenvalue weighted by atomic mass is 32.2. The molecule has 5 heteroatoms. The van der Waals surface area contributed by atoms with Crippen LogP contribution in [0, 0.1) is 6.92 Å². The first kappa shape index (κ1) is 21.4. The molecule has 0 radical (unpaired) electrons. The lowest BCUT2D eigenvalue weighted by molar-refractivity contribution is 0.284. The van der Waals surface area contributed by atoms with Crippen LogP contribution < -0.4 is 5.32 Å². The van der Waals surface area contributed by atoms with E-state index >= 15 is 0 Å². The summed E-state index contributed by atoms with van der Waals surface area (Å²) in [6.45, 7) is 6.12. The van der Waals surface area contributed by atoms with Crippen LogP contribution in [0.3, 0.4) is 0 Å². The number of hydrogen-bond acceptors (Lipinski definition) is 3. The number of piperazine rings is 1. The molecule has 0 aliphatic carbocycles. The zero-order valence-corrected chi connectivity index (χ0v) is 17.4. The van der Waals surface area contributed by atoms with E-state index in [0.717, 1.165) is 18.5 Å². The van der Waals surface area contributed by atoms with Crippen molar-refractivity contribution in [2.24, 2.45) is 0 Å². The van der Waals surface area contributed by atoms with E-state index in [1.807, 2.05) is 19.1 Å². The average molecular weight is 381 g/mol. The predicted octanol–water partition coefficient (Wildman–Crippen LogP) is 4.49. The van der Waals surface area contributed by atoms with Gasteiger partial charge in [-0.3, -0.25) is 0 Å². The first-order valence-corrected chi connectivity index (χ1v) is 11.8.